The molecule has 84 heavy (non-hydrogen) atoms. The van der Waals surface area contributed by atoms with Crippen molar-refractivity contribution in [2.45, 2.75) is 26.2 Å². The minimum Gasteiger partial charge on any atom is -0.329 e. The molecule has 0 fully saturated rings. The second-order valence-electron chi connectivity index (χ2n) is 21.0. The number of aryl methyl sites for hydroxylation is 2. The molecular weight excluding hydrogens is 1100 g/mol. The van der Waals surface area contributed by atoms with Crippen LogP contribution in [0.25, 0.3) is 125 Å². The number of hydrogen-bond acceptors (Lipinski definition) is 11. The Hall–Kier alpha value is -10.3. The van der Waals surface area contributed by atoms with Crippen molar-refractivity contribution in [3.05, 3.63) is 212 Å². The van der Waals surface area contributed by atoms with Gasteiger partial charge in [-0.25, -0.2) is 43.7 Å². The summed E-state index contributed by atoms with van der Waals surface area (Å²) in [6.45, 7) is 1.12. The van der Waals surface area contributed by atoms with E-state index in [1.165, 1.54) is 74.5 Å². The third-order valence-electron chi connectivity index (χ3n) is 16.3. The van der Waals surface area contributed by atoms with Gasteiger partial charge in [0.1, 0.15) is 11.9 Å². The molecule has 0 saturated carbocycles. The monoisotopic (exact) mass is 1150 g/mol. The fourth-order valence-corrected chi connectivity index (χ4v) is 16.5. The smallest absolute Gasteiger partial charge is 0.291 e. The van der Waals surface area contributed by atoms with Crippen molar-refractivity contribution in [3.8, 4) is 49.2 Å². The first-order valence-corrected chi connectivity index (χ1v) is 29.8. The van der Waals surface area contributed by atoms with Crippen molar-refractivity contribution in [3.63, 3.8) is 0 Å². The summed E-state index contributed by atoms with van der Waals surface area (Å²) in [5.41, 5.74) is 22.8. The minimum atomic E-state index is -2.24. The van der Waals surface area contributed by atoms with Gasteiger partial charge in [-0.3, -0.25) is 14.1 Å². The van der Waals surface area contributed by atoms with E-state index >= 15 is 0 Å². The zero-order chi connectivity index (χ0) is 57.8. The Balaban J connectivity index is 0.0000000877. The number of nitrogens with zero attached hydrogens (tertiary/aromatic N) is 17. The third kappa shape index (κ3) is 6.80. The Kier molecular flexibility index (Phi) is 9.57. The van der Waals surface area contributed by atoms with Gasteiger partial charge in [0.15, 0.2) is 79.8 Å². The van der Waals surface area contributed by atoms with Crippen LogP contribution in [0.4, 0.5) is 0 Å². The molecule has 4 aliphatic heterocycles. The SMILES string of the molecule is Cn1c2cccnc2c2c1sc1[n+]2Cc2cccnc2-1.[2H]C([2H])([2H])n1c2cccnc2c2c1sc1[n+]2Cc2cccnc2-1.c1ccc(-n2c3cccnc3c3c2sc2[n+]3Cc3cccnc3-2)cc1.c1cnc2c(c1)Cn1c[n+]3cc4ncccn4c3c1-2. The van der Waals surface area contributed by atoms with Crippen LogP contribution in [0.5, 0.6) is 0 Å². The normalized spacial score (nSPS) is 13.6. The zero-order valence-electron chi connectivity index (χ0n) is 47.6. The molecule has 0 atom stereocenters. The number of aromatic nitrogens is 17. The average molecular weight is 1150 g/mol. The predicted molar refractivity (Wildman–Crippen MR) is 325 cm³/mol. The molecule has 0 bridgehead atoms. The predicted octanol–water partition coefficient (Wildman–Crippen LogP) is 10.2. The summed E-state index contributed by atoms with van der Waals surface area (Å²) < 4.78 is 43.0. The lowest BCUT2D eigenvalue weighted by atomic mass is 10.2. The summed E-state index contributed by atoms with van der Waals surface area (Å²) in [6, 6.07) is 40.8. The van der Waals surface area contributed by atoms with Crippen LogP contribution in [0.3, 0.4) is 0 Å². The van der Waals surface area contributed by atoms with Gasteiger partial charge in [-0.1, -0.05) is 24.3 Å². The lowest BCUT2D eigenvalue weighted by molar-refractivity contribution is -0.641. The number of rotatable bonds is 1. The van der Waals surface area contributed by atoms with Gasteiger partial charge in [0.25, 0.3) is 37.2 Å². The van der Waals surface area contributed by atoms with Crippen molar-refractivity contribution in [2.75, 3.05) is 0 Å². The van der Waals surface area contributed by atoms with Gasteiger partial charge >= 0.3 is 0 Å². The maximum absolute atomic E-state index is 7.90. The van der Waals surface area contributed by atoms with Crippen LogP contribution in [0, 0.1) is 0 Å². The standard InChI is InChI=1S/C20H13N4S.2C15H11N4S.C14H10N5/c1-2-7-14(8-3-1)24-15-9-5-11-22-17(15)18-20(24)25-19-16-13(12-23(18)19)6-4-10-21-16;2*1-18-10-5-3-7-17-12(10)13-15(18)20-14-11-9(8-19(13)14)4-2-6-16-11;1-3-10-7-17-9-18-8-11-15-5-2-6-19(11)14(18)13(17)12(10)16-4-1/h1-11H,12H2;2*2-7H,8H2,1H3;1-6,8-9H,7H2/q4*+1/i;1D3;;. The first-order valence-electron chi connectivity index (χ1n) is 28.8. The summed E-state index contributed by atoms with van der Waals surface area (Å²) in [4.78, 5) is 39.5. The summed E-state index contributed by atoms with van der Waals surface area (Å²) in [6.07, 6.45) is 20.8. The van der Waals surface area contributed by atoms with Crippen LogP contribution in [0.15, 0.2) is 190 Å². The Morgan fingerprint density at radius 2 is 0.940 bits per heavy atom. The van der Waals surface area contributed by atoms with Crippen molar-refractivity contribution in [1.29, 1.82) is 0 Å². The second kappa shape index (κ2) is 18.1. The number of pyridine rings is 7. The maximum Gasteiger partial charge on any atom is 0.291 e. The van der Waals surface area contributed by atoms with E-state index in [1.807, 2.05) is 104 Å². The van der Waals surface area contributed by atoms with Crippen molar-refractivity contribution < 1.29 is 22.2 Å². The molecule has 20 heteroatoms. The van der Waals surface area contributed by atoms with Crippen LogP contribution in [-0.2, 0) is 40.2 Å². The molecule has 4 aliphatic rings. The second-order valence-corrected chi connectivity index (χ2v) is 23.9. The first-order chi connectivity index (χ1) is 42.7. The number of benzene rings is 1. The minimum absolute atomic E-state index is 0.646. The molecule has 0 spiro atoms. The van der Waals surface area contributed by atoms with Gasteiger partial charge in [-0.2, -0.15) is 13.7 Å². The van der Waals surface area contributed by atoms with Gasteiger partial charge in [-0.15, -0.1) is 0 Å². The van der Waals surface area contributed by atoms with E-state index in [-0.39, 0.29) is 0 Å². The molecule has 0 radical (unpaired) electrons. The van der Waals surface area contributed by atoms with E-state index in [2.05, 4.69) is 145 Å². The summed E-state index contributed by atoms with van der Waals surface area (Å²) >= 11 is 5.08. The molecule has 400 valence electrons. The Morgan fingerprint density at radius 1 is 0.464 bits per heavy atom. The largest absolute Gasteiger partial charge is 0.329 e. The Morgan fingerprint density at radius 3 is 1.54 bits per heavy atom. The molecule has 20 heterocycles. The van der Waals surface area contributed by atoms with Gasteiger partial charge in [0, 0.05) is 79.0 Å². The topological polar surface area (TPSA) is 143 Å². The third-order valence-corrected chi connectivity index (χ3v) is 19.9. The fourth-order valence-electron chi connectivity index (χ4n) is 12.7. The van der Waals surface area contributed by atoms with Crippen LogP contribution < -0.4 is 18.1 Å². The number of hydrogen-bond donors (Lipinski definition) is 0. The van der Waals surface area contributed by atoms with Crippen molar-refractivity contribution >= 4 is 109 Å². The van der Waals surface area contributed by atoms with E-state index in [0.717, 1.165) is 102 Å². The highest BCUT2D eigenvalue weighted by Gasteiger charge is 2.40. The maximum atomic E-state index is 7.90. The average Bonchev–Trinajstić information content (AvgIpc) is 1.62. The van der Waals surface area contributed by atoms with Crippen molar-refractivity contribution in [2.24, 2.45) is 14.0 Å². The fraction of sp³-hybridized carbons (Fsp3) is 0.0938. The summed E-state index contributed by atoms with van der Waals surface area (Å²) in [5, 5.41) is 3.46. The van der Waals surface area contributed by atoms with E-state index in [0.29, 0.717) is 12.1 Å². The molecule has 0 saturated heterocycles. The van der Waals surface area contributed by atoms with E-state index in [1.54, 1.807) is 41.1 Å². The van der Waals surface area contributed by atoms with Crippen LogP contribution in [0.2, 0.25) is 0 Å². The molecule has 17 aromatic rings. The molecule has 16 aromatic heterocycles. The number of para-hydroxylation sites is 1. The summed E-state index contributed by atoms with van der Waals surface area (Å²) in [7, 11) is 2.11. The van der Waals surface area contributed by atoms with E-state index in [4.69, 9.17) is 9.10 Å². The molecule has 17 nitrogen and oxygen atoms in total. The van der Waals surface area contributed by atoms with Crippen LogP contribution in [-0.4, -0.2) is 62.5 Å². The quantitative estimate of drug-likeness (QED) is 0.148. The van der Waals surface area contributed by atoms with Gasteiger partial charge in [0.2, 0.25) is 5.65 Å². The molecular formula is C64H45N17S3+4. The van der Waals surface area contributed by atoms with E-state index < -0.39 is 6.98 Å². The lowest BCUT2D eigenvalue weighted by Crippen LogP contribution is -2.30. The number of thiazole rings is 3. The highest BCUT2D eigenvalue weighted by Crippen LogP contribution is 2.42. The van der Waals surface area contributed by atoms with Gasteiger partial charge in [-0.05, 0) is 131 Å². The molecule has 21 rings (SSSR count). The van der Waals surface area contributed by atoms with Crippen molar-refractivity contribution in [1.82, 2.24) is 62.5 Å². The Bertz CT molecular complexity index is 5710. The van der Waals surface area contributed by atoms with Gasteiger partial charge < -0.3 is 9.13 Å². The Labute approximate surface area is 492 Å². The lowest BCUT2D eigenvalue weighted by Gasteiger charge is -2.04. The molecule has 1 aromatic carbocycles. The van der Waals surface area contributed by atoms with Crippen LogP contribution >= 0.6 is 34.0 Å². The number of imidazole rings is 2. The highest BCUT2D eigenvalue weighted by molar-refractivity contribution is 7.21. The van der Waals surface area contributed by atoms with Crippen LogP contribution in [0.1, 0.15) is 26.4 Å². The van der Waals surface area contributed by atoms with Gasteiger partial charge in [0.05, 0.1) is 46.0 Å². The molecule has 0 aliphatic carbocycles. The molecule has 0 N–H and O–H groups in total. The molecule has 0 unspecified atom stereocenters. The molecule has 0 amide bonds. The van der Waals surface area contributed by atoms with E-state index in [9.17, 15) is 0 Å². The number of fused-ring (bicyclic) bond motifs is 28. The summed E-state index contributed by atoms with van der Waals surface area (Å²) in [5.74, 6) is 0. The first kappa shape index (κ1) is 44.4. The zero-order valence-corrected chi connectivity index (χ0v) is 47.0. The highest BCUT2D eigenvalue weighted by atomic mass is 32.1.